The lowest BCUT2D eigenvalue weighted by atomic mass is 9.98. The van der Waals surface area contributed by atoms with Crippen LogP contribution in [0.25, 0.3) is 0 Å². The largest absolute Gasteiger partial charge is 0.316 e. The predicted octanol–water partition coefficient (Wildman–Crippen LogP) is 2.68. The Morgan fingerprint density at radius 3 is 3.00 bits per heavy atom. The van der Waals surface area contributed by atoms with Gasteiger partial charge in [0.2, 0.25) is 0 Å². The number of aromatic nitrogens is 2. The molecule has 4 heteroatoms. The number of hydrogen-bond donors (Lipinski definition) is 1. The highest BCUT2D eigenvalue weighted by molar-refractivity contribution is 5.00. The molecule has 1 aromatic rings. The highest BCUT2D eigenvalue weighted by atomic mass is 15.3. The molecule has 4 nitrogen and oxygen atoms in total. The van der Waals surface area contributed by atoms with E-state index in [1.165, 1.54) is 44.6 Å². The topological polar surface area (TPSA) is 33.1 Å². The first-order chi connectivity index (χ1) is 9.69. The molecule has 20 heavy (non-hydrogen) atoms. The molecule has 0 aromatic carbocycles. The normalized spacial score (nSPS) is 20.7. The first-order valence-corrected chi connectivity index (χ1v) is 8.16. The van der Waals surface area contributed by atoms with Gasteiger partial charge in [-0.1, -0.05) is 6.92 Å². The lowest BCUT2D eigenvalue weighted by molar-refractivity contribution is 0.163. The number of rotatable bonds is 7. The van der Waals surface area contributed by atoms with Crippen LogP contribution in [0.15, 0.2) is 12.3 Å². The molecule has 0 aliphatic carbocycles. The third kappa shape index (κ3) is 4.60. The van der Waals surface area contributed by atoms with Crippen LogP contribution in [0, 0.1) is 5.92 Å². The van der Waals surface area contributed by atoms with Gasteiger partial charge in [-0.2, -0.15) is 5.10 Å². The van der Waals surface area contributed by atoms with Gasteiger partial charge in [0.15, 0.2) is 0 Å². The molecule has 1 saturated heterocycles. The highest BCUT2D eigenvalue weighted by Crippen LogP contribution is 2.18. The second-order valence-electron chi connectivity index (χ2n) is 6.33. The Morgan fingerprint density at radius 2 is 2.30 bits per heavy atom. The van der Waals surface area contributed by atoms with Crippen LogP contribution >= 0.6 is 0 Å². The van der Waals surface area contributed by atoms with Crippen LogP contribution in [0.4, 0.5) is 0 Å². The fourth-order valence-electron chi connectivity index (χ4n) is 2.92. The molecule has 114 valence electrons. The fraction of sp³-hybridized carbons (Fsp3) is 0.812. The smallest absolute Gasteiger partial charge is 0.0764 e. The molecule has 2 heterocycles. The van der Waals surface area contributed by atoms with E-state index < -0.39 is 0 Å². The lowest BCUT2D eigenvalue weighted by Crippen LogP contribution is -2.39. The molecule has 1 unspecified atom stereocenters. The number of likely N-dealkylation sites (tertiary alicyclic amines) is 1. The highest BCUT2D eigenvalue weighted by Gasteiger charge is 2.20. The van der Waals surface area contributed by atoms with Crippen molar-refractivity contribution in [2.75, 3.05) is 26.2 Å². The SMILES string of the molecule is CCCNCC1CCCN(Cc2ccn(C(C)C)n2)C1. The molecule has 1 aliphatic rings. The molecule has 0 bridgehead atoms. The summed E-state index contributed by atoms with van der Waals surface area (Å²) in [5.41, 5.74) is 1.21. The number of nitrogens with zero attached hydrogens (tertiary/aromatic N) is 3. The van der Waals surface area contributed by atoms with Gasteiger partial charge in [-0.25, -0.2) is 0 Å². The molecule has 0 radical (unpaired) electrons. The summed E-state index contributed by atoms with van der Waals surface area (Å²) in [4.78, 5) is 2.56. The van der Waals surface area contributed by atoms with E-state index in [2.05, 4.69) is 53.0 Å². The van der Waals surface area contributed by atoms with Crippen molar-refractivity contribution in [2.24, 2.45) is 5.92 Å². The van der Waals surface area contributed by atoms with E-state index >= 15 is 0 Å². The second kappa shape index (κ2) is 7.79. The van der Waals surface area contributed by atoms with Crippen LogP contribution in [0.3, 0.4) is 0 Å². The average molecular weight is 278 g/mol. The number of nitrogens with one attached hydrogen (secondary N) is 1. The average Bonchev–Trinajstić information content (AvgIpc) is 2.88. The Kier molecular flexibility index (Phi) is 6.05. The van der Waals surface area contributed by atoms with Gasteiger partial charge < -0.3 is 5.32 Å². The molecule has 2 rings (SSSR count). The summed E-state index contributed by atoms with van der Waals surface area (Å²) in [5, 5.41) is 8.23. The van der Waals surface area contributed by atoms with Gasteiger partial charge in [0, 0.05) is 25.3 Å². The van der Waals surface area contributed by atoms with E-state index in [0.29, 0.717) is 6.04 Å². The molecular weight excluding hydrogens is 248 g/mol. The quantitative estimate of drug-likeness (QED) is 0.779. The van der Waals surface area contributed by atoms with Crippen molar-refractivity contribution in [3.05, 3.63) is 18.0 Å². The Morgan fingerprint density at radius 1 is 1.45 bits per heavy atom. The van der Waals surface area contributed by atoms with Crippen LogP contribution in [-0.4, -0.2) is 40.9 Å². The van der Waals surface area contributed by atoms with E-state index in [-0.39, 0.29) is 0 Å². The van der Waals surface area contributed by atoms with Gasteiger partial charge in [0.1, 0.15) is 0 Å². The summed E-state index contributed by atoms with van der Waals surface area (Å²) in [6.45, 7) is 12.3. The van der Waals surface area contributed by atoms with Crippen molar-refractivity contribution in [3.63, 3.8) is 0 Å². The van der Waals surface area contributed by atoms with Gasteiger partial charge >= 0.3 is 0 Å². The van der Waals surface area contributed by atoms with Gasteiger partial charge in [-0.3, -0.25) is 9.58 Å². The summed E-state index contributed by atoms with van der Waals surface area (Å²) in [5.74, 6) is 0.808. The first kappa shape index (κ1) is 15.5. The van der Waals surface area contributed by atoms with E-state index in [0.717, 1.165) is 19.0 Å². The van der Waals surface area contributed by atoms with Gasteiger partial charge in [-0.15, -0.1) is 0 Å². The molecule has 1 aromatic heterocycles. The first-order valence-electron chi connectivity index (χ1n) is 8.16. The van der Waals surface area contributed by atoms with Crippen molar-refractivity contribution in [2.45, 2.75) is 52.6 Å². The van der Waals surface area contributed by atoms with Gasteiger partial charge in [0.05, 0.1) is 5.69 Å². The minimum Gasteiger partial charge on any atom is -0.316 e. The molecule has 0 spiro atoms. The minimum absolute atomic E-state index is 0.455. The maximum Gasteiger partial charge on any atom is 0.0764 e. The van der Waals surface area contributed by atoms with Crippen LogP contribution in [-0.2, 0) is 6.54 Å². The number of hydrogen-bond acceptors (Lipinski definition) is 3. The molecule has 0 amide bonds. The Hall–Kier alpha value is -0.870. The predicted molar refractivity (Wildman–Crippen MR) is 83.8 cm³/mol. The molecule has 1 N–H and O–H groups in total. The van der Waals surface area contributed by atoms with Crippen LogP contribution < -0.4 is 5.32 Å². The third-order valence-electron chi connectivity index (χ3n) is 4.04. The van der Waals surface area contributed by atoms with E-state index in [4.69, 9.17) is 0 Å². The summed E-state index contributed by atoms with van der Waals surface area (Å²) in [6.07, 6.45) is 6.02. The Balaban J connectivity index is 1.79. The van der Waals surface area contributed by atoms with Crippen LogP contribution in [0.1, 0.15) is 51.8 Å². The van der Waals surface area contributed by atoms with Gasteiger partial charge in [0.25, 0.3) is 0 Å². The Labute approximate surface area is 123 Å². The van der Waals surface area contributed by atoms with Crippen molar-refractivity contribution in [3.8, 4) is 0 Å². The maximum atomic E-state index is 4.66. The van der Waals surface area contributed by atoms with Crippen molar-refractivity contribution in [1.29, 1.82) is 0 Å². The maximum absolute atomic E-state index is 4.66. The standard InChI is InChI=1S/C16H30N4/c1-4-8-17-11-15-6-5-9-19(12-15)13-16-7-10-20(18-16)14(2)3/h7,10,14-15,17H,4-6,8-9,11-13H2,1-3H3. The Bertz CT molecular complexity index is 386. The summed E-state index contributed by atoms with van der Waals surface area (Å²) < 4.78 is 2.06. The fourth-order valence-corrected chi connectivity index (χ4v) is 2.92. The van der Waals surface area contributed by atoms with Crippen molar-refractivity contribution in [1.82, 2.24) is 20.0 Å². The van der Waals surface area contributed by atoms with Gasteiger partial charge in [-0.05, 0) is 64.7 Å². The molecule has 1 atom stereocenters. The van der Waals surface area contributed by atoms with E-state index in [1.807, 2.05) is 0 Å². The van der Waals surface area contributed by atoms with E-state index in [9.17, 15) is 0 Å². The molecule has 0 saturated carbocycles. The molecule has 1 aliphatic heterocycles. The summed E-state index contributed by atoms with van der Waals surface area (Å²) >= 11 is 0. The molecule has 1 fully saturated rings. The summed E-state index contributed by atoms with van der Waals surface area (Å²) in [6, 6.07) is 2.62. The zero-order valence-electron chi connectivity index (χ0n) is 13.3. The zero-order valence-corrected chi connectivity index (χ0v) is 13.3. The molecular formula is C16H30N4. The zero-order chi connectivity index (χ0) is 14.4. The second-order valence-corrected chi connectivity index (χ2v) is 6.33. The van der Waals surface area contributed by atoms with Crippen molar-refractivity contribution >= 4 is 0 Å². The van der Waals surface area contributed by atoms with Crippen LogP contribution in [0.2, 0.25) is 0 Å². The third-order valence-corrected chi connectivity index (χ3v) is 4.04. The monoisotopic (exact) mass is 278 g/mol. The number of piperidine rings is 1. The minimum atomic E-state index is 0.455. The van der Waals surface area contributed by atoms with E-state index in [1.54, 1.807) is 0 Å². The summed E-state index contributed by atoms with van der Waals surface area (Å²) in [7, 11) is 0. The van der Waals surface area contributed by atoms with Crippen LogP contribution in [0.5, 0.6) is 0 Å². The lowest BCUT2D eigenvalue weighted by Gasteiger charge is -2.32. The van der Waals surface area contributed by atoms with Crippen molar-refractivity contribution < 1.29 is 0 Å².